The molecule has 0 fully saturated rings. The number of ether oxygens (including phenoxy) is 1. The molecule has 3 aromatic rings. The lowest BCUT2D eigenvalue weighted by atomic mass is 10.0. The van der Waals surface area contributed by atoms with Gasteiger partial charge in [-0.1, -0.05) is 49.1 Å². The Morgan fingerprint density at radius 3 is 2.16 bits per heavy atom. The molecular weight excluding hydrogens is 424 g/mol. The first-order chi connectivity index (χ1) is 15.1. The smallest absolute Gasteiger partial charge is 0.312 e. The number of benzene rings is 2. The quantitative estimate of drug-likeness (QED) is 0.552. The summed E-state index contributed by atoms with van der Waals surface area (Å²) in [6.07, 6.45) is 0. The maximum atomic E-state index is 13.3. The summed E-state index contributed by atoms with van der Waals surface area (Å²) in [5.41, 5.74) is 1.28. The van der Waals surface area contributed by atoms with Gasteiger partial charge in [0.2, 0.25) is 5.89 Å². The van der Waals surface area contributed by atoms with Gasteiger partial charge in [0.05, 0.1) is 15.2 Å². The zero-order valence-electron chi connectivity index (χ0n) is 19.2. The fourth-order valence-corrected chi connectivity index (χ4v) is 4.42. The Morgan fingerprint density at radius 1 is 1.03 bits per heavy atom. The number of carbonyl (C=O) groups excluding carboxylic acids is 2. The molecule has 0 spiro atoms. The van der Waals surface area contributed by atoms with Crippen LogP contribution < -0.4 is 15.2 Å². The second-order valence-electron chi connectivity index (χ2n) is 8.53. The number of methoxy groups -OCH3 is 1. The number of anilines is 1. The molecule has 0 radical (unpaired) electrons. The third-order valence-corrected chi connectivity index (χ3v) is 7.18. The topological polar surface area (TPSA) is 97.6 Å². The second kappa shape index (κ2) is 9.35. The molecule has 1 unspecified atom stereocenters. The van der Waals surface area contributed by atoms with Crippen molar-refractivity contribution in [1.82, 2.24) is 15.1 Å². The maximum Gasteiger partial charge on any atom is 0.312 e. The van der Waals surface area contributed by atoms with Crippen LogP contribution in [0, 0.1) is 6.92 Å². The SMILES string of the molecule is COc1ccc(C(C(=O)Nc2ccc([Si](C)(C)C)cc2)N(C)C(=O)c2nnc(C)o2)cc1. The van der Waals surface area contributed by atoms with Gasteiger partial charge in [-0.2, -0.15) is 0 Å². The minimum atomic E-state index is -1.45. The van der Waals surface area contributed by atoms with Gasteiger partial charge in [-0.25, -0.2) is 0 Å². The van der Waals surface area contributed by atoms with Gasteiger partial charge in [-0.3, -0.25) is 9.59 Å². The summed E-state index contributed by atoms with van der Waals surface area (Å²) < 4.78 is 10.5. The van der Waals surface area contributed by atoms with Gasteiger partial charge in [0.15, 0.2) is 0 Å². The van der Waals surface area contributed by atoms with Crippen LogP contribution in [0.2, 0.25) is 19.6 Å². The average Bonchev–Trinajstić information content (AvgIpc) is 3.19. The number of nitrogens with one attached hydrogen (secondary N) is 1. The van der Waals surface area contributed by atoms with Gasteiger partial charge < -0.3 is 19.4 Å². The summed E-state index contributed by atoms with van der Waals surface area (Å²) in [5.74, 6) is -0.152. The highest BCUT2D eigenvalue weighted by atomic mass is 28.3. The van der Waals surface area contributed by atoms with Crippen LogP contribution in [-0.4, -0.2) is 49.1 Å². The Balaban J connectivity index is 1.90. The number of aromatic nitrogens is 2. The molecule has 0 saturated carbocycles. The van der Waals surface area contributed by atoms with Crippen LogP contribution in [0.5, 0.6) is 5.75 Å². The van der Waals surface area contributed by atoms with Gasteiger partial charge in [0.1, 0.15) is 11.8 Å². The average molecular weight is 453 g/mol. The van der Waals surface area contributed by atoms with E-state index >= 15 is 0 Å². The van der Waals surface area contributed by atoms with Crippen molar-refractivity contribution in [3.8, 4) is 5.75 Å². The molecule has 1 heterocycles. The molecule has 8 nitrogen and oxygen atoms in total. The van der Waals surface area contributed by atoms with Crippen LogP contribution >= 0.6 is 0 Å². The van der Waals surface area contributed by atoms with E-state index in [1.165, 1.54) is 17.1 Å². The zero-order chi connectivity index (χ0) is 23.5. The van der Waals surface area contributed by atoms with Crippen molar-refractivity contribution < 1.29 is 18.7 Å². The lowest BCUT2D eigenvalue weighted by Gasteiger charge is -2.27. The van der Waals surface area contributed by atoms with Crippen molar-refractivity contribution in [1.29, 1.82) is 0 Å². The van der Waals surface area contributed by atoms with Crippen molar-refractivity contribution in [3.63, 3.8) is 0 Å². The van der Waals surface area contributed by atoms with Crippen molar-refractivity contribution in [3.05, 3.63) is 65.9 Å². The molecule has 1 aromatic heterocycles. The summed E-state index contributed by atoms with van der Waals surface area (Å²) >= 11 is 0. The van der Waals surface area contributed by atoms with Crippen molar-refractivity contribution in [2.45, 2.75) is 32.6 Å². The molecule has 1 N–H and O–H groups in total. The Hall–Kier alpha value is -3.46. The van der Waals surface area contributed by atoms with Gasteiger partial charge in [0.25, 0.3) is 5.91 Å². The molecule has 0 aliphatic carbocycles. The number of carbonyl (C=O) groups is 2. The Labute approximate surface area is 188 Å². The first-order valence-corrected chi connectivity index (χ1v) is 13.7. The third-order valence-electron chi connectivity index (χ3n) is 5.11. The molecule has 0 aliphatic heterocycles. The highest BCUT2D eigenvalue weighted by molar-refractivity contribution is 6.88. The zero-order valence-corrected chi connectivity index (χ0v) is 20.2. The van der Waals surface area contributed by atoms with Gasteiger partial charge in [0, 0.05) is 19.7 Å². The molecule has 2 aromatic carbocycles. The van der Waals surface area contributed by atoms with E-state index in [1.807, 2.05) is 24.3 Å². The molecule has 32 heavy (non-hydrogen) atoms. The lowest BCUT2D eigenvalue weighted by molar-refractivity contribution is -0.120. The van der Waals surface area contributed by atoms with E-state index in [1.54, 1.807) is 38.3 Å². The molecular formula is C23H28N4O4Si. The first-order valence-electron chi connectivity index (χ1n) is 10.2. The van der Waals surface area contributed by atoms with Gasteiger partial charge in [-0.15, -0.1) is 10.2 Å². The fourth-order valence-electron chi connectivity index (χ4n) is 3.25. The Bertz CT molecular complexity index is 1090. The Morgan fingerprint density at radius 2 is 1.66 bits per heavy atom. The molecule has 0 bridgehead atoms. The van der Waals surface area contributed by atoms with Gasteiger partial charge >= 0.3 is 11.8 Å². The largest absolute Gasteiger partial charge is 0.497 e. The number of likely N-dealkylation sites (N-methyl/N-ethyl adjacent to an activating group) is 1. The number of amides is 2. The van der Waals surface area contributed by atoms with Crippen molar-refractivity contribution >= 4 is 30.8 Å². The normalized spacial score (nSPS) is 12.2. The predicted octanol–water partition coefficient (Wildman–Crippen LogP) is 3.38. The summed E-state index contributed by atoms with van der Waals surface area (Å²) in [7, 11) is 1.65. The molecule has 9 heteroatoms. The number of aryl methyl sites for hydroxylation is 1. The van der Waals surface area contributed by atoms with Crippen molar-refractivity contribution in [2.75, 3.05) is 19.5 Å². The van der Waals surface area contributed by atoms with E-state index in [0.717, 1.165) is 0 Å². The maximum absolute atomic E-state index is 13.3. The predicted molar refractivity (Wildman–Crippen MR) is 125 cm³/mol. The summed E-state index contributed by atoms with van der Waals surface area (Å²) in [6, 6.07) is 13.9. The molecule has 2 amide bonds. The van der Waals surface area contributed by atoms with Crippen LogP contribution in [-0.2, 0) is 4.79 Å². The van der Waals surface area contributed by atoms with E-state index in [2.05, 4.69) is 35.2 Å². The standard InChI is InChI=1S/C23H28N4O4Si/c1-15-25-26-22(31-15)23(29)27(2)20(16-7-11-18(30-3)12-8-16)21(28)24-17-9-13-19(14-10-17)32(4,5)6/h7-14,20H,1-6H3,(H,24,28). The van der Waals surface area contributed by atoms with E-state index in [-0.39, 0.29) is 17.7 Å². The van der Waals surface area contributed by atoms with Crippen LogP contribution in [0.4, 0.5) is 5.69 Å². The second-order valence-corrected chi connectivity index (χ2v) is 13.6. The van der Waals surface area contributed by atoms with E-state index in [0.29, 0.717) is 17.0 Å². The van der Waals surface area contributed by atoms with Gasteiger partial charge in [-0.05, 0) is 29.8 Å². The molecule has 168 valence electrons. The third kappa shape index (κ3) is 5.23. The molecule has 3 rings (SSSR count). The van der Waals surface area contributed by atoms with Crippen molar-refractivity contribution in [2.24, 2.45) is 0 Å². The van der Waals surface area contributed by atoms with E-state index in [4.69, 9.17) is 9.15 Å². The number of hydrogen-bond acceptors (Lipinski definition) is 6. The number of hydrogen-bond donors (Lipinski definition) is 1. The minimum Gasteiger partial charge on any atom is -0.497 e. The molecule has 0 saturated heterocycles. The molecule has 0 aliphatic rings. The van der Waals surface area contributed by atoms with Crippen LogP contribution in [0.15, 0.2) is 52.9 Å². The highest BCUT2D eigenvalue weighted by Crippen LogP contribution is 2.25. The number of rotatable bonds is 7. The lowest BCUT2D eigenvalue weighted by Crippen LogP contribution is -2.39. The fraction of sp³-hybridized carbons (Fsp3) is 0.304. The summed E-state index contributed by atoms with van der Waals surface area (Å²) in [5, 5.41) is 11.7. The molecule has 1 atom stereocenters. The van der Waals surface area contributed by atoms with Crippen LogP contribution in [0.25, 0.3) is 0 Å². The number of nitrogens with zero attached hydrogens (tertiary/aromatic N) is 3. The summed E-state index contributed by atoms with van der Waals surface area (Å²) in [6.45, 7) is 8.39. The van der Waals surface area contributed by atoms with Crippen LogP contribution in [0.1, 0.15) is 28.2 Å². The van der Waals surface area contributed by atoms with E-state index < -0.39 is 20.0 Å². The van der Waals surface area contributed by atoms with Crippen LogP contribution in [0.3, 0.4) is 0 Å². The summed E-state index contributed by atoms with van der Waals surface area (Å²) in [4.78, 5) is 27.6. The monoisotopic (exact) mass is 452 g/mol. The minimum absolute atomic E-state index is 0.171. The van der Waals surface area contributed by atoms with E-state index in [9.17, 15) is 9.59 Å². The highest BCUT2D eigenvalue weighted by Gasteiger charge is 2.32. The first kappa shape index (κ1) is 23.2. The Kier molecular flexibility index (Phi) is 6.78.